The lowest BCUT2D eigenvalue weighted by Crippen LogP contribution is -2.34. The van der Waals surface area contributed by atoms with E-state index in [2.05, 4.69) is 21.1 Å². The van der Waals surface area contributed by atoms with Crippen LogP contribution in [0.1, 0.15) is 43.0 Å². The monoisotopic (exact) mass is 366 g/mol. The molecule has 0 unspecified atom stereocenters. The molecule has 1 spiro atoms. The number of hydrogen-bond acceptors (Lipinski definition) is 6. The highest BCUT2D eigenvalue weighted by molar-refractivity contribution is 5.69. The molecule has 3 aromatic heterocycles. The van der Waals surface area contributed by atoms with Gasteiger partial charge >= 0.3 is 0 Å². The molecule has 1 saturated heterocycles. The predicted molar refractivity (Wildman–Crippen MR) is 98.0 cm³/mol. The fourth-order valence-electron chi connectivity index (χ4n) is 4.23. The van der Waals surface area contributed by atoms with Crippen molar-refractivity contribution in [2.24, 2.45) is 0 Å². The Bertz CT molecular complexity index is 938. The Morgan fingerprint density at radius 1 is 1.07 bits per heavy atom. The molecule has 0 atom stereocenters. The first-order valence-corrected chi connectivity index (χ1v) is 9.44. The molecule has 3 aromatic rings. The Morgan fingerprint density at radius 3 is 2.52 bits per heavy atom. The van der Waals surface area contributed by atoms with Crippen LogP contribution in [0.2, 0.25) is 0 Å². The summed E-state index contributed by atoms with van der Waals surface area (Å²) in [5, 5.41) is 13.7. The van der Waals surface area contributed by atoms with Gasteiger partial charge in [0.1, 0.15) is 6.61 Å². The minimum absolute atomic E-state index is 0.150. The third kappa shape index (κ3) is 3.01. The molecular weight excluding hydrogens is 344 g/mol. The number of aliphatic hydroxyl groups excluding tert-OH is 1. The zero-order valence-electron chi connectivity index (χ0n) is 15.0. The molecule has 140 valence electrons. The molecule has 1 N–H and O–H groups in total. The first-order chi connectivity index (χ1) is 13.3. The van der Waals surface area contributed by atoms with E-state index in [1.807, 2.05) is 23.0 Å². The van der Waals surface area contributed by atoms with Crippen LogP contribution in [0, 0.1) is 0 Å². The van der Waals surface area contributed by atoms with Gasteiger partial charge in [-0.25, -0.2) is 14.5 Å². The second-order valence-electron chi connectivity index (χ2n) is 7.27. The summed E-state index contributed by atoms with van der Waals surface area (Å²) >= 11 is 0. The molecule has 0 radical (unpaired) electrons. The van der Waals surface area contributed by atoms with E-state index in [1.165, 1.54) is 5.56 Å². The molecule has 0 aromatic carbocycles. The van der Waals surface area contributed by atoms with Crippen LogP contribution >= 0.6 is 0 Å². The van der Waals surface area contributed by atoms with E-state index in [0.717, 1.165) is 42.3 Å². The topological polar surface area (TPSA) is 81.8 Å². The summed E-state index contributed by atoms with van der Waals surface area (Å²) in [6.07, 6.45) is 11.4. The summed E-state index contributed by atoms with van der Waals surface area (Å²) in [6, 6.07) is 4.16. The van der Waals surface area contributed by atoms with Crippen molar-refractivity contribution >= 4 is 5.52 Å². The minimum Gasteiger partial charge on any atom is -0.388 e. The van der Waals surface area contributed by atoms with Gasteiger partial charge < -0.3 is 14.6 Å². The fraction of sp³-hybridized carbons (Fsp3) is 0.450. The molecule has 1 aliphatic heterocycles. The van der Waals surface area contributed by atoms with E-state index in [1.54, 1.807) is 12.4 Å². The van der Waals surface area contributed by atoms with Crippen LogP contribution in [0.15, 0.2) is 36.9 Å². The largest absolute Gasteiger partial charge is 0.388 e. The molecule has 2 fully saturated rings. The highest BCUT2D eigenvalue weighted by atomic mass is 16.7. The summed E-state index contributed by atoms with van der Waals surface area (Å²) < 4.78 is 13.6. The standard InChI is InChI=1S/C20H22N4O3/c25-13-19-21-10-16(11-22-19)15-3-6-24-18(9-15)17(12-23-24)14-1-4-20(5-2-14)26-7-8-27-20/h3,6,9-12,14,25H,1-2,4-5,7-8,13H2. The highest BCUT2D eigenvalue weighted by Crippen LogP contribution is 2.43. The molecule has 1 aliphatic carbocycles. The zero-order valence-corrected chi connectivity index (χ0v) is 15.0. The number of pyridine rings is 1. The number of ether oxygens (including phenoxy) is 2. The molecule has 27 heavy (non-hydrogen) atoms. The second-order valence-corrected chi connectivity index (χ2v) is 7.27. The molecule has 0 bridgehead atoms. The number of aromatic nitrogens is 4. The van der Waals surface area contributed by atoms with Gasteiger partial charge in [-0.1, -0.05) is 0 Å². The maximum atomic E-state index is 9.12. The van der Waals surface area contributed by atoms with Crippen molar-refractivity contribution in [2.75, 3.05) is 13.2 Å². The second kappa shape index (κ2) is 6.67. The highest BCUT2D eigenvalue weighted by Gasteiger charge is 2.41. The first kappa shape index (κ1) is 16.8. The number of aliphatic hydroxyl groups is 1. The minimum atomic E-state index is -0.337. The molecule has 0 amide bonds. The van der Waals surface area contributed by atoms with Crippen molar-refractivity contribution in [3.05, 3.63) is 48.3 Å². The van der Waals surface area contributed by atoms with Crippen LogP contribution in [0.4, 0.5) is 0 Å². The van der Waals surface area contributed by atoms with E-state index in [-0.39, 0.29) is 12.4 Å². The maximum Gasteiger partial charge on any atom is 0.168 e. The Balaban J connectivity index is 1.43. The lowest BCUT2D eigenvalue weighted by atomic mass is 9.81. The summed E-state index contributed by atoms with van der Waals surface area (Å²) in [7, 11) is 0. The van der Waals surface area contributed by atoms with E-state index in [0.29, 0.717) is 25.0 Å². The zero-order chi connectivity index (χ0) is 18.3. The van der Waals surface area contributed by atoms with Gasteiger partial charge in [0.05, 0.1) is 24.9 Å². The Labute approximate surface area is 157 Å². The number of nitrogens with zero attached hydrogens (tertiary/aromatic N) is 4. The van der Waals surface area contributed by atoms with Crippen molar-refractivity contribution in [1.29, 1.82) is 0 Å². The van der Waals surface area contributed by atoms with Crippen LogP contribution in [-0.2, 0) is 16.1 Å². The summed E-state index contributed by atoms with van der Waals surface area (Å²) in [4.78, 5) is 8.37. The summed E-state index contributed by atoms with van der Waals surface area (Å²) in [5.41, 5.74) is 4.37. The average Bonchev–Trinajstić information content (AvgIpc) is 3.36. The van der Waals surface area contributed by atoms with Crippen LogP contribution < -0.4 is 0 Å². The van der Waals surface area contributed by atoms with E-state index in [4.69, 9.17) is 14.6 Å². The van der Waals surface area contributed by atoms with Crippen molar-refractivity contribution in [3.63, 3.8) is 0 Å². The lowest BCUT2D eigenvalue weighted by Gasteiger charge is -2.35. The average molecular weight is 366 g/mol. The van der Waals surface area contributed by atoms with Gasteiger partial charge in [-0.3, -0.25) is 0 Å². The van der Waals surface area contributed by atoms with Gasteiger partial charge in [0.15, 0.2) is 11.6 Å². The van der Waals surface area contributed by atoms with Gasteiger partial charge in [0.2, 0.25) is 0 Å². The maximum absolute atomic E-state index is 9.12. The molecule has 5 rings (SSSR count). The lowest BCUT2D eigenvalue weighted by molar-refractivity contribution is -0.178. The van der Waals surface area contributed by atoms with Crippen molar-refractivity contribution in [1.82, 2.24) is 19.6 Å². The van der Waals surface area contributed by atoms with Crippen molar-refractivity contribution in [2.45, 2.75) is 44.0 Å². The van der Waals surface area contributed by atoms with Crippen LogP contribution in [-0.4, -0.2) is 43.7 Å². The van der Waals surface area contributed by atoms with Gasteiger partial charge in [-0.2, -0.15) is 5.10 Å². The van der Waals surface area contributed by atoms with E-state index < -0.39 is 0 Å². The quantitative estimate of drug-likeness (QED) is 0.767. The van der Waals surface area contributed by atoms with Gasteiger partial charge in [-0.15, -0.1) is 0 Å². The first-order valence-electron chi connectivity index (χ1n) is 9.44. The third-order valence-electron chi connectivity index (χ3n) is 5.73. The number of rotatable bonds is 3. The predicted octanol–water partition coefficient (Wildman–Crippen LogP) is 2.68. The summed E-state index contributed by atoms with van der Waals surface area (Å²) in [6.45, 7) is 1.27. The number of hydrogen-bond donors (Lipinski definition) is 1. The third-order valence-corrected chi connectivity index (χ3v) is 5.73. The summed E-state index contributed by atoms with van der Waals surface area (Å²) in [5.74, 6) is 0.553. The molecule has 7 nitrogen and oxygen atoms in total. The van der Waals surface area contributed by atoms with Crippen LogP contribution in [0.5, 0.6) is 0 Å². The SMILES string of the molecule is OCc1ncc(-c2ccn3ncc(C4CCC5(CC4)OCCO5)c3c2)cn1. The van der Waals surface area contributed by atoms with Gasteiger partial charge in [-0.05, 0) is 36.5 Å². The smallest absolute Gasteiger partial charge is 0.168 e. The molecule has 4 heterocycles. The normalized spacial score (nSPS) is 19.9. The van der Waals surface area contributed by atoms with Crippen LogP contribution in [0.3, 0.4) is 0 Å². The molecule has 1 saturated carbocycles. The van der Waals surface area contributed by atoms with Crippen molar-refractivity contribution in [3.8, 4) is 11.1 Å². The molecule has 2 aliphatic rings. The van der Waals surface area contributed by atoms with Crippen LogP contribution in [0.25, 0.3) is 16.6 Å². The Morgan fingerprint density at radius 2 is 1.81 bits per heavy atom. The molecule has 7 heteroatoms. The fourth-order valence-corrected chi connectivity index (χ4v) is 4.23. The van der Waals surface area contributed by atoms with Crippen molar-refractivity contribution < 1.29 is 14.6 Å². The Kier molecular flexibility index (Phi) is 4.15. The number of fused-ring (bicyclic) bond motifs is 1. The van der Waals surface area contributed by atoms with E-state index in [9.17, 15) is 0 Å². The molecular formula is C20H22N4O3. The Hall–Kier alpha value is -2.35. The van der Waals surface area contributed by atoms with E-state index >= 15 is 0 Å². The van der Waals surface area contributed by atoms with Gasteiger partial charge in [0, 0.05) is 42.6 Å². The van der Waals surface area contributed by atoms with Gasteiger partial charge in [0.25, 0.3) is 0 Å².